The van der Waals surface area contributed by atoms with Gasteiger partial charge in [0.25, 0.3) is 0 Å². The molecule has 0 aromatic rings. The average molecular weight is 224 g/mol. The first-order chi connectivity index (χ1) is 7.75. The first-order valence-corrected chi connectivity index (χ1v) is 6.50. The Hall–Kier alpha value is -0.520. The fourth-order valence-electron chi connectivity index (χ4n) is 2.67. The minimum atomic E-state index is -0.401. The largest absolute Gasteiger partial charge is 0.390 e. The number of terminal acetylenes is 1. The maximum atomic E-state index is 10.3. The predicted octanol–water partition coefficient (Wildman–Crippen LogP) is 2.89. The highest BCUT2D eigenvalue weighted by molar-refractivity contribution is 4.93. The van der Waals surface area contributed by atoms with E-state index in [9.17, 15) is 5.11 Å². The summed E-state index contributed by atoms with van der Waals surface area (Å²) in [6.07, 6.45) is 12.9. The molecule has 1 saturated carbocycles. The quantitative estimate of drug-likeness (QED) is 0.575. The third-order valence-electron chi connectivity index (χ3n) is 3.55. The van der Waals surface area contributed by atoms with Gasteiger partial charge in [0.15, 0.2) is 0 Å². The number of hydrogen-bond donors (Lipinski definition) is 1. The molecule has 0 spiro atoms. The van der Waals surface area contributed by atoms with E-state index in [0.717, 1.165) is 25.7 Å². The highest BCUT2D eigenvalue weighted by Crippen LogP contribution is 2.35. The van der Waals surface area contributed by atoms with Gasteiger partial charge >= 0.3 is 0 Å². The molecule has 1 rings (SSSR count). The summed E-state index contributed by atoms with van der Waals surface area (Å²) in [4.78, 5) is 0. The number of rotatable bonds is 5. The molecule has 2 heteroatoms. The molecule has 1 N–H and O–H groups in total. The van der Waals surface area contributed by atoms with Gasteiger partial charge in [-0.2, -0.15) is 0 Å². The Morgan fingerprint density at radius 2 is 1.94 bits per heavy atom. The maximum Gasteiger partial charge on any atom is 0.0940 e. The van der Waals surface area contributed by atoms with Gasteiger partial charge in [0, 0.05) is 13.0 Å². The molecule has 0 aromatic carbocycles. The van der Waals surface area contributed by atoms with E-state index in [4.69, 9.17) is 11.2 Å². The predicted molar refractivity (Wildman–Crippen MR) is 66.1 cm³/mol. The summed E-state index contributed by atoms with van der Waals surface area (Å²) in [7, 11) is 0. The number of ether oxygens (including phenoxy) is 1. The van der Waals surface area contributed by atoms with Crippen molar-refractivity contribution in [3.63, 3.8) is 0 Å². The van der Waals surface area contributed by atoms with Gasteiger partial charge in [0.1, 0.15) is 0 Å². The molecule has 0 aromatic heterocycles. The van der Waals surface area contributed by atoms with E-state index < -0.39 is 6.10 Å². The molecule has 1 atom stereocenters. The molecule has 92 valence electrons. The first-order valence-electron chi connectivity index (χ1n) is 6.50. The van der Waals surface area contributed by atoms with E-state index in [1.54, 1.807) is 0 Å². The highest BCUT2D eigenvalue weighted by Gasteiger charge is 2.38. The fraction of sp³-hybridized carbons (Fsp3) is 0.857. The minimum absolute atomic E-state index is 0.317. The molecule has 1 aliphatic rings. The molecule has 0 aliphatic heterocycles. The van der Waals surface area contributed by atoms with Crippen LogP contribution in [-0.4, -0.2) is 23.4 Å². The molecule has 1 fully saturated rings. The Kier molecular flexibility index (Phi) is 5.87. The lowest BCUT2D eigenvalue weighted by Gasteiger charge is -2.37. The van der Waals surface area contributed by atoms with Crippen LogP contribution in [0.25, 0.3) is 0 Å². The van der Waals surface area contributed by atoms with Crippen molar-refractivity contribution in [1.82, 2.24) is 0 Å². The molecule has 2 nitrogen and oxygen atoms in total. The number of hydrogen-bond acceptors (Lipinski definition) is 2. The van der Waals surface area contributed by atoms with Gasteiger partial charge in [-0.05, 0) is 26.2 Å². The summed E-state index contributed by atoms with van der Waals surface area (Å²) in [6, 6.07) is 0. The summed E-state index contributed by atoms with van der Waals surface area (Å²) < 4.78 is 5.89. The van der Waals surface area contributed by atoms with Crippen molar-refractivity contribution >= 4 is 0 Å². The van der Waals surface area contributed by atoms with Gasteiger partial charge in [0.2, 0.25) is 0 Å². The second-order valence-electron chi connectivity index (χ2n) is 4.67. The lowest BCUT2D eigenvalue weighted by molar-refractivity contribution is -0.130. The zero-order valence-corrected chi connectivity index (χ0v) is 10.4. The normalized spacial score (nSPS) is 22.1. The molecule has 1 aliphatic carbocycles. The Morgan fingerprint density at radius 3 is 2.44 bits per heavy atom. The van der Waals surface area contributed by atoms with Crippen LogP contribution < -0.4 is 0 Å². The third kappa shape index (κ3) is 3.50. The summed E-state index contributed by atoms with van der Waals surface area (Å²) in [5, 5.41) is 10.3. The third-order valence-corrected chi connectivity index (χ3v) is 3.55. The fourth-order valence-corrected chi connectivity index (χ4v) is 2.67. The monoisotopic (exact) mass is 224 g/mol. The Labute approximate surface area is 99.4 Å². The number of aliphatic hydroxyl groups is 1. The molecule has 1 unspecified atom stereocenters. The topological polar surface area (TPSA) is 29.5 Å². The summed E-state index contributed by atoms with van der Waals surface area (Å²) >= 11 is 0. The van der Waals surface area contributed by atoms with Crippen molar-refractivity contribution in [3.05, 3.63) is 0 Å². The standard InChI is InChI=1S/C14H24O2/c1-3-5-10-13(15)14(16-4-2)11-8-6-7-9-12-14/h1,13,15H,4-12H2,2H3. The van der Waals surface area contributed by atoms with Crippen LogP contribution in [0.5, 0.6) is 0 Å². The van der Waals surface area contributed by atoms with Gasteiger partial charge in [-0.15, -0.1) is 12.3 Å². The molecule has 0 saturated heterocycles. The van der Waals surface area contributed by atoms with Crippen molar-refractivity contribution in [1.29, 1.82) is 0 Å². The van der Waals surface area contributed by atoms with Crippen LogP contribution in [0.1, 0.15) is 58.3 Å². The van der Waals surface area contributed by atoms with Gasteiger partial charge in [0.05, 0.1) is 11.7 Å². The van der Waals surface area contributed by atoms with Crippen molar-refractivity contribution in [2.75, 3.05) is 6.61 Å². The van der Waals surface area contributed by atoms with Crippen molar-refractivity contribution < 1.29 is 9.84 Å². The summed E-state index contributed by atoms with van der Waals surface area (Å²) in [6.45, 7) is 2.67. The van der Waals surface area contributed by atoms with E-state index in [1.807, 2.05) is 6.92 Å². The zero-order valence-electron chi connectivity index (χ0n) is 10.4. The van der Waals surface area contributed by atoms with E-state index in [1.165, 1.54) is 12.8 Å². The van der Waals surface area contributed by atoms with Gasteiger partial charge in [-0.1, -0.05) is 25.7 Å². The second kappa shape index (κ2) is 6.93. The Balaban J connectivity index is 2.64. The molecule has 0 amide bonds. The molecular weight excluding hydrogens is 200 g/mol. The Morgan fingerprint density at radius 1 is 1.31 bits per heavy atom. The second-order valence-corrected chi connectivity index (χ2v) is 4.67. The van der Waals surface area contributed by atoms with Crippen LogP contribution in [0.15, 0.2) is 0 Å². The summed E-state index contributed by atoms with van der Waals surface area (Å²) in [5.74, 6) is 2.60. The van der Waals surface area contributed by atoms with Gasteiger partial charge in [-0.25, -0.2) is 0 Å². The van der Waals surface area contributed by atoms with Crippen LogP contribution in [0.3, 0.4) is 0 Å². The van der Waals surface area contributed by atoms with Crippen LogP contribution in [0.4, 0.5) is 0 Å². The van der Waals surface area contributed by atoms with Gasteiger partial charge < -0.3 is 9.84 Å². The van der Waals surface area contributed by atoms with Gasteiger partial charge in [-0.3, -0.25) is 0 Å². The zero-order chi connectivity index (χ0) is 11.9. The summed E-state index contributed by atoms with van der Waals surface area (Å²) in [5.41, 5.74) is -0.317. The van der Waals surface area contributed by atoms with Crippen molar-refractivity contribution in [2.24, 2.45) is 0 Å². The van der Waals surface area contributed by atoms with Crippen LogP contribution in [-0.2, 0) is 4.74 Å². The molecule has 16 heavy (non-hydrogen) atoms. The van der Waals surface area contributed by atoms with E-state index in [0.29, 0.717) is 19.4 Å². The maximum absolute atomic E-state index is 10.3. The SMILES string of the molecule is C#CCCC(O)C1(OCC)CCCCCC1. The van der Waals surface area contributed by atoms with E-state index in [-0.39, 0.29) is 5.60 Å². The molecular formula is C14H24O2. The highest BCUT2D eigenvalue weighted by atomic mass is 16.5. The molecule has 0 radical (unpaired) electrons. The van der Waals surface area contributed by atoms with Crippen molar-refractivity contribution in [3.8, 4) is 12.3 Å². The van der Waals surface area contributed by atoms with Crippen LogP contribution in [0, 0.1) is 12.3 Å². The molecule has 0 bridgehead atoms. The lowest BCUT2D eigenvalue weighted by atomic mass is 9.85. The number of aliphatic hydroxyl groups excluding tert-OH is 1. The first kappa shape index (κ1) is 13.5. The average Bonchev–Trinajstić information content (AvgIpc) is 2.53. The van der Waals surface area contributed by atoms with E-state index >= 15 is 0 Å². The smallest absolute Gasteiger partial charge is 0.0940 e. The van der Waals surface area contributed by atoms with Crippen LogP contribution >= 0.6 is 0 Å². The van der Waals surface area contributed by atoms with Crippen LogP contribution in [0.2, 0.25) is 0 Å². The van der Waals surface area contributed by atoms with Crippen molar-refractivity contribution in [2.45, 2.75) is 70.0 Å². The Bertz CT molecular complexity index is 221. The lowest BCUT2D eigenvalue weighted by Crippen LogP contribution is -2.44. The molecule has 0 heterocycles. The van der Waals surface area contributed by atoms with E-state index in [2.05, 4.69) is 5.92 Å². The minimum Gasteiger partial charge on any atom is -0.390 e.